The number of nitrogens with zero attached hydrogens (tertiary/aromatic N) is 1. The van der Waals surface area contributed by atoms with E-state index in [1.54, 1.807) is 12.2 Å². The molecule has 0 spiro atoms. The van der Waals surface area contributed by atoms with E-state index in [0.717, 1.165) is 36.7 Å². The fraction of sp³-hybridized carbons (Fsp3) is 0.389. The Kier molecular flexibility index (Phi) is 7.71. The molecule has 0 unspecified atom stereocenters. The highest BCUT2D eigenvalue weighted by molar-refractivity contribution is 9.09. The van der Waals surface area contributed by atoms with Gasteiger partial charge in [0.1, 0.15) is 12.0 Å². The van der Waals surface area contributed by atoms with Gasteiger partial charge in [0.2, 0.25) is 5.89 Å². The summed E-state index contributed by atoms with van der Waals surface area (Å²) >= 11 is 3.38. The molecule has 0 N–H and O–H groups in total. The Labute approximate surface area is 153 Å². The van der Waals surface area contributed by atoms with Crippen LogP contribution in [-0.2, 0) is 17.5 Å². The minimum Gasteiger partial charge on any atom is -0.445 e. The Morgan fingerprint density at radius 2 is 1.84 bits per heavy atom. The van der Waals surface area contributed by atoms with Gasteiger partial charge in [-0.1, -0.05) is 34.5 Å². The number of rotatable bonds is 9. The van der Waals surface area contributed by atoms with Crippen LogP contribution in [0.3, 0.4) is 0 Å². The number of hydrogen-bond acceptors (Lipinski definition) is 3. The summed E-state index contributed by atoms with van der Waals surface area (Å²) in [6.07, 6.45) is 3.71. The summed E-state index contributed by atoms with van der Waals surface area (Å²) in [4.78, 5) is 4.25. The van der Waals surface area contributed by atoms with E-state index in [4.69, 9.17) is 9.15 Å². The molecule has 1 aromatic carbocycles. The summed E-state index contributed by atoms with van der Waals surface area (Å²) in [5.41, 5.74) is 0.652. The zero-order valence-corrected chi connectivity index (χ0v) is 15.1. The van der Waals surface area contributed by atoms with E-state index in [1.807, 2.05) is 0 Å². The van der Waals surface area contributed by atoms with E-state index < -0.39 is 11.7 Å². The summed E-state index contributed by atoms with van der Waals surface area (Å²) in [6.45, 7) is 1.06. The number of oxazole rings is 1. The summed E-state index contributed by atoms with van der Waals surface area (Å²) in [6, 6.07) is 4.90. The molecule has 0 atom stereocenters. The van der Waals surface area contributed by atoms with Crippen molar-refractivity contribution in [2.75, 3.05) is 11.9 Å². The fourth-order valence-electron chi connectivity index (χ4n) is 2.07. The maximum Gasteiger partial charge on any atom is 0.416 e. The highest BCUT2D eigenvalue weighted by Gasteiger charge is 2.29. The quantitative estimate of drug-likeness (QED) is 0.373. The fourth-order valence-corrected chi connectivity index (χ4v) is 2.46. The number of hydrogen-bond donors (Lipinski definition) is 0. The second-order valence-electron chi connectivity index (χ2n) is 5.43. The lowest BCUT2D eigenvalue weighted by atomic mass is 10.1. The van der Waals surface area contributed by atoms with Crippen molar-refractivity contribution in [3.8, 4) is 0 Å². The van der Waals surface area contributed by atoms with Crippen LogP contribution in [-0.4, -0.2) is 16.9 Å². The molecular formula is C18H19BrF3NO2. The second kappa shape index (κ2) is 9.77. The molecule has 0 radical (unpaired) electrons. The molecule has 1 aromatic heterocycles. The first kappa shape index (κ1) is 19.7. The topological polar surface area (TPSA) is 35.3 Å². The Morgan fingerprint density at radius 3 is 2.52 bits per heavy atom. The van der Waals surface area contributed by atoms with Crippen LogP contribution in [0.25, 0.3) is 12.2 Å². The maximum absolute atomic E-state index is 12.5. The van der Waals surface area contributed by atoms with Gasteiger partial charge < -0.3 is 9.15 Å². The zero-order chi connectivity index (χ0) is 18.1. The summed E-state index contributed by atoms with van der Waals surface area (Å²) in [5.74, 6) is 0.387. The minimum absolute atomic E-state index is 0.381. The number of unbranched alkanes of at least 4 members (excludes halogenated alkanes) is 2. The maximum atomic E-state index is 12.5. The van der Waals surface area contributed by atoms with Gasteiger partial charge in [-0.2, -0.15) is 13.2 Å². The van der Waals surface area contributed by atoms with Gasteiger partial charge >= 0.3 is 6.18 Å². The third-order valence-electron chi connectivity index (χ3n) is 3.40. The van der Waals surface area contributed by atoms with Crippen molar-refractivity contribution >= 4 is 28.1 Å². The highest BCUT2D eigenvalue weighted by atomic mass is 79.9. The number of aromatic nitrogens is 1. The SMILES string of the molecule is FC(F)(F)c1ccc(/C=C/c2nc(COCCCCCBr)co2)cc1. The normalized spacial score (nSPS) is 12.2. The van der Waals surface area contributed by atoms with Crippen molar-refractivity contribution in [2.24, 2.45) is 0 Å². The Morgan fingerprint density at radius 1 is 1.08 bits per heavy atom. The summed E-state index contributed by atoms with van der Waals surface area (Å²) < 4.78 is 48.3. The Bertz CT molecular complexity index is 666. The molecule has 0 aliphatic carbocycles. The first-order valence-electron chi connectivity index (χ1n) is 7.92. The minimum atomic E-state index is -4.33. The molecule has 2 aromatic rings. The molecule has 25 heavy (non-hydrogen) atoms. The van der Waals surface area contributed by atoms with Gasteiger partial charge in [0.15, 0.2) is 0 Å². The summed E-state index contributed by atoms with van der Waals surface area (Å²) in [5, 5.41) is 1.00. The van der Waals surface area contributed by atoms with E-state index in [1.165, 1.54) is 18.4 Å². The van der Waals surface area contributed by atoms with E-state index in [-0.39, 0.29) is 0 Å². The molecule has 7 heteroatoms. The number of halogens is 4. The molecule has 0 fully saturated rings. The largest absolute Gasteiger partial charge is 0.445 e. The Hall–Kier alpha value is -1.60. The van der Waals surface area contributed by atoms with Crippen molar-refractivity contribution in [3.63, 3.8) is 0 Å². The molecule has 1 heterocycles. The van der Waals surface area contributed by atoms with Gasteiger partial charge in [-0.25, -0.2) is 4.98 Å². The van der Waals surface area contributed by atoms with Crippen LogP contribution < -0.4 is 0 Å². The highest BCUT2D eigenvalue weighted by Crippen LogP contribution is 2.29. The van der Waals surface area contributed by atoms with Gasteiger partial charge in [0, 0.05) is 18.0 Å². The molecule has 0 saturated carbocycles. The number of ether oxygens (including phenoxy) is 1. The monoisotopic (exact) mass is 417 g/mol. The third-order valence-corrected chi connectivity index (χ3v) is 3.96. The molecule has 2 rings (SSSR count). The summed E-state index contributed by atoms with van der Waals surface area (Å²) in [7, 11) is 0. The first-order chi connectivity index (χ1) is 12.0. The molecule has 0 aliphatic rings. The molecule has 0 aliphatic heterocycles. The van der Waals surface area contributed by atoms with Gasteiger partial charge in [0.25, 0.3) is 0 Å². The molecule has 0 amide bonds. The van der Waals surface area contributed by atoms with Crippen molar-refractivity contribution in [3.05, 3.63) is 53.2 Å². The lowest BCUT2D eigenvalue weighted by Gasteiger charge is -2.05. The second-order valence-corrected chi connectivity index (χ2v) is 6.23. The van der Waals surface area contributed by atoms with Crippen molar-refractivity contribution < 1.29 is 22.3 Å². The molecular weight excluding hydrogens is 399 g/mol. The average molecular weight is 418 g/mol. The lowest BCUT2D eigenvalue weighted by molar-refractivity contribution is -0.137. The predicted octanol–water partition coefficient (Wildman–Crippen LogP) is 5.95. The van der Waals surface area contributed by atoms with E-state index >= 15 is 0 Å². The lowest BCUT2D eigenvalue weighted by Crippen LogP contribution is -2.03. The standard InChI is InChI=1S/C18H19BrF3NO2/c19-10-2-1-3-11-24-12-16-13-25-17(23-16)9-6-14-4-7-15(8-5-14)18(20,21)22/h4-9,13H,1-3,10-12H2/b9-6+. The third kappa shape index (κ3) is 7.04. The van der Waals surface area contributed by atoms with Crippen LogP contribution >= 0.6 is 15.9 Å². The molecule has 136 valence electrons. The van der Waals surface area contributed by atoms with Crippen LogP contribution in [0.5, 0.6) is 0 Å². The number of alkyl halides is 4. The van der Waals surface area contributed by atoms with Gasteiger partial charge in [0.05, 0.1) is 12.2 Å². The zero-order valence-electron chi connectivity index (χ0n) is 13.6. The van der Waals surface area contributed by atoms with Crippen LogP contribution in [0, 0.1) is 0 Å². The van der Waals surface area contributed by atoms with Crippen LogP contribution in [0.15, 0.2) is 34.9 Å². The van der Waals surface area contributed by atoms with E-state index in [0.29, 0.717) is 30.4 Å². The van der Waals surface area contributed by atoms with E-state index in [9.17, 15) is 13.2 Å². The van der Waals surface area contributed by atoms with Crippen molar-refractivity contribution in [2.45, 2.75) is 32.0 Å². The van der Waals surface area contributed by atoms with Crippen molar-refractivity contribution in [1.29, 1.82) is 0 Å². The van der Waals surface area contributed by atoms with Gasteiger partial charge in [-0.05, 0) is 36.6 Å². The van der Waals surface area contributed by atoms with Gasteiger partial charge in [-0.15, -0.1) is 0 Å². The van der Waals surface area contributed by atoms with Crippen LogP contribution in [0.2, 0.25) is 0 Å². The number of benzene rings is 1. The first-order valence-corrected chi connectivity index (χ1v) is 9.04. The van der Waals surface area contributed by atoms with Gasteiger partial charge in [-0.3, -0.25) is 0 Å². The predicted molar refractivity (Wildman–Crippen MR) is 94.2 cm³/mol. The average Bonchev–Trinajstić information content (AvgIpc) is 3.03. The van der Waals surface area contributed by atoms with E-state index in [2.05, 4.69) is 20.9 Å². The molecule has 0 bridgehead atoms. The van der Waals surface area contributed by atoms with Crippen LogP contribution in [0.4, 0.5) is 13.2 Å². The molecule has 3 nitrogen and oxygen atoms in total. The molecule has 0 saturated heterocycles. The smallest absolute Gasteiger partial charge is 0.416 e. The Balaban J connectivity index is 1.81. The van der Waals surface area contributed by atoms with Crippen molar-refractivity contribution in [1.82, 2.24) is 4.98 Å². The van der Waals surface area contributed by atoms with Crippen LogP contribution in [0.1, 0.15) is 42.0 Å².